The number of nitrogens with one attached hydrogen (secondary N) is 2. The Morgan fingerprint density at radius 3 is 2.56 bits per heavy atom. The molecule has 0 unspecified atom stereocenters. The van der Waals surface area contributed by atoms with Crippen LogP contribution in [0.2, 0.25) is 0 Å². The molecular weight excluding hydrogens is 318 g/mol. The number of carbonyl (C=O) groups excluding carboxylic acids is 2. The molecule has 2 aromatic carbocycles. The van der Waals surface area contributed by atoms with Gasteiger partial charge in [0.1, 0.15) is 5.75 Å². The van der Waals surface area contributed by atoms with Gasteiger partial charge >= 0.3 is 0 Å². The maximum Gasteiger partial charge on any atom is 0.257 e. The second-order valence-corrected chi connectivity index (χ2v) is 5.43. The molecule has 0 bridgehead atoms. The van der Waals surface area contributed by atoms with E-state index in [4.69, 9.17) is 4.74 Å². The van der Waals surface area contributed by atoms with Crippen molar-refractivity contribution in [3.63, 3.8) is 0 Å². The van der Waals surface area contributed by atoms with E-state index < -0.39 is 0 Å². The van der Waals surface area contributed by atoms with Gasteiger partial charge in [-0.1, -0.05) is 18.2 Å². The summed E-state index contributed by atoms with van der Waals surface area (Å²) in [5, 5.41) is 6.40. The molecule has 0 saturated carbocycles. The molecule has 2 N–H and O–H groups in total. The SMILES string of the molecule is COc1ccc(NC(C)=O)c(NC(=O)c2cccc3cccnc23)c1. The van der Waals surface area contributed by atoms with Crippen molar-refractivity contribution >= 4 is 34.1 Å². The predicted molar refractivity (Wildman–Crippen MR) is 97.0 cm³/mol. The molecule has 0 aliphatic rings. The predicted octanol–water partition coefficient (Wildman–Crippen LogP) is 3.45. The summed E-state index contributed by atoms with van der Waals surface area (Å²) in [5.41, 5.74) is 2.02. The summed E-state index contributed by atoms with van der Waals surface area (Å²) in [4.78, 5) is 28.4. The van der Waals surface area contributed by atoms with E-state index in [1.165, 1.54) is 14.0 Å². The van der Waals surface area contributed by atoms with Crippen molar-refractivity contribution in [2.75, 3.05) is 17.7 Å². The Hall–Kier alpha value is -3.41. The van der Waals surface area contributed by atoms with Crippen LogP contribution in [0.5, 0.6) is 5.75 Å². The van der Waals surface area contributed by atoms with Gasteiger partial charge in [0.15, 0.2) is 0 Å². The summed E-state index contributed by atoms with van der Waals surface area (Å²) in [6, 6.07) is 14.2. The Bertz CT molecular complexity index is 948. The Kier molecular flexibility index (Phi) is 4.61. The molecule has 3 aromatic rings. The van der Waals surface area contributed by atoms with E-state index in [1.807, 2.05) is 18.2 Å². The lowest BCUT2D eigenvalue weighted by Gasteiger charge is -2.13. The van der Waals surface area contributed by atoms with Crippen molar-refractivity contribution in [1.29, 1.82) is 0 Å². The first-order valence-corrected chi connectivity index (χ1v) is 7.69. The van der Waals surface area contributed by atoms with Crippen molar-refractivity contribution in [2.24, 2.45) is 0 Å². The molecule has 0 fully saturated rings. The summed E-state index contributed by atoms with van der Waals surface area (Å²) in [6.07, 6.45) is 1.65. The zero-order valence-corrected chi connectivity index (χ0v) is 13.9. The zero-order valence-electron chi connectivity index (χ0n) is 13.9. The summed E-state index contributed by atoms with van der Waals surface area (Å²) in [7, 11) is 1.54. The van der Waals surface area contributed by atoms with Gasteiger partial charge in [0.25, 0.3) is 5.91 Å². The number of amides is 2. The zero-order chi connectivity index (χ0) is 17.8. The van der Waals surface area contributed by atoms with E-state index in [-0.39, 0.29) is 11.8 Å². The first kappa shape index (κ1) is 16.4. The van der Waals surface area contributed by atoms with Gasteiger partial charge in [0.05, 0.1) is 29.6 Å². The Morgan fingerprint density at radius 1 is 1.00 bits per heavy atom. The molecule has 2 amide bonds. The highest BCUT2D eigenvalue weighted by atomic mass is 16.5. The molecule has 25 heavy (non-hydrogen) atoms. The number of carbonyl (C=O) groups is 2. The molecule has 6 heteroatoms. The minimum absolute atomic E-state index is 0.229. The quantitative estimate of drug-likeness (QED) is 0.765. The molecular formula is C19H17N3O3. The number of pyridine rings is 1. The molecule has 126 valence electrons. The third kappa shape index (κ3) is 3.58. The second-order valence-electron chi connectivity index (χ2n) is 5.43. The number of hydrogen-bond donors (Lipinski definition) is 2. The standard InChI is InChI=1S/C19H17N3O3/c1-12(23)21-16-9-8-14(25-2)11-17(16)22-19(24)15-7-3-5-13-6-4-10-20-18(13)15/h3-11H,1-2H3,(H,21,23)(H,22,24). The Morgan fingerprint density at radius 2 is 1.80 bits per heavy atom. The van der Waals surface area contributed by atoms with Crippen molar-refractivity contribution in [2.45, 2.75) is 6.92 Å². The first-order valence-electron chi connectivity index (χ1n) is 7.69. The molecule has 0 saturated heterocycles. The average molecular weight is 335 g/mol. The number of para-hydroxylation sites is 1. The van der Waals surface area contributed by atoms with Crippen LogP contribution in [0.15, 0.2) is 54.7 Å². The maximum atomic E-state index is 12.8. The lowest BCUT2D eigenvalue weighted by atomic mass is 10.1. The first-order chi connectivity index (χ1) is 12.1. The van der Waals surface area contributed by atoms with Gasteiger partial charge in [-0.05, 0) is 24.3 Å². The summed E-state index contributed by atoms with van der Waals surface area (Å²) >= 11 is 0. The molecule has 0 aliphatic carbocycles. The van der Waals surface area contributed by atoms with Crippen molar-refractivity contribution in [1.82, 2.24) is 4.98 Å². The van der Waals surface area contributed by atoms with Crippen molar-refractivity contribution in [3.8, 4) is 5.75 Å². The number of aromatic nitrogens is 1. The number of anilines is 2. The van der Waals surface area contributed by atoms with Crippen molar-refractivity contribution in [3.05, 3.63) is 60.3 Å². The number of fused-ring (bicyclic) bond motifs is 1. The Labute approximate surface area is 144 Å². The van der Waals surface area contributed by atoms with Crippen LogP contribution in [0.3, 0.4) is 0 Å². The topological polar surface area (TPSA) is 80.3 Å². The van der Waals surface area contributed by atoms with Crippen LogP contribution in [-0.2, 0) is 4.79 Å². The van der Waals surface area contributed by atoms with E-state index in [9.17, 15) is 9.59 Å². The van der Waals surface area contributed by atoms with E-state index in [1.54, 1.807) is 36.5 Å². The van der Waals surface area contributed by atoms with Crippen LogP contribution in [0, 0.1) is 0 Å². The van der Waals surface area contributed by atoms with Gasteiger partial charge in [0, 0.05) is 24.6 Å². The van der Waals surface area contributed by atoms with Gasteiger partial charge in [-0.3, -0.25) is 14.6 Å². The third-order valence-electron chi connectivity index (χ3n) is 3.66. The van der Waals surface area contributed by atoms with Gasteiger partial charge in [0.2, 0.25) is 5.91 Å². The molecule has 1 heterocycles. The Balaban J connectivity index is 1.98. The number of nitrogens with zero attached hydrogens (tertiary/aromatic N) is 1. The van der Waals surface area contributed by atoms with Crippen LogP contribution < -0.4 is 15.4 Å². The molecule has 3 rings (SSSR count). The summed E-state index contributed by atoms with van der Waals surface area (Å²) < 4.78 is 5.20. The minimum Gasteiger partial charge on any atom is -0.497 e. The highest BCUT2D eigenvalue weighted by Crippen LogP contribution is 2.28. The number of methoxy groups -OCH3 is 1. The molecule has 0 radical (unpaired) electrons. The normalized spacial score (nSPS) is 10.3. The largest absolute Gasteiger partial charge is 0.497 e. The van der Waals surface area contributed by atoms with E-state index in [0.717, 1.165) is 5.39 Å². The van der Waals surface area contributed by atoms with Crippen LogP contribution in [0.25, 0.3) is 10.9 Å². The molecule has 1 aromatic heterocycles. The van der Waals surface area contributed by atoms with Crippen LogP contribution in [0.4, 0.5) is 11.4 Å². The lowest BCUT2D eigenvalue weighted by Crippen LogP contribution is -2.15. The number of rotatable bonds is 4. The fraction of sp³-hybridized carbons (Fsp3) is 0.105. The van der Waals surface area contributed by atoms with Gasteiger partial charge < -0.3 is 15.4 Å². The van der Waals surface area contributed by atoms with Crippen molar-refractivity contribution < 1.29 is 14.3 Å². The van der Waals surface area contributed by atoms with E-state index in [2.05, 4.69) is 15.6 Å². The van der Waals surface area contributed by atoms with Gasteiger partial charge in [-0.2, -0.15) is 0 Å². The van der Waals surface area contributed by atoms with Gasteiger partial charge in [-0.15, -0.1) is 0 Å². The van der Waals surface area contributed by atoms with Crippen LogP contribution in [-0.4, -0.2) is 23.9 Å². The summed E-state index contributed by atoms with van der Waals surface area (Å²) in [5.74, 6) is 0.0251. The second kappa shape index (κ2) is 7.00. The number of benzene rings is 2. The fourth-order valence-corrected chi connectivity index (χ4v) is 2.53. The van der Waals surface area contributed by atoms with Crippen LogP contribution >= 0.6 is 0 Å². The average Bonchev–Trinajstić information content (AvgIpc) is 2.62. The highest BCUT2D eigenvalue weighted by Gasteiger charge is 2.14. The maximum absolute atomic E-state index is 12.8. The smallest absolute Gasteiger partial charge is 0.257 e. The molecule has 0 aliphatic heterocycles. The molecule has 0 atom stereocenters. The van der Waals surface area contributed by atoms with E-state index >= 15 is 0 Å². The highest BCUT2D eigenvalue weighted by molar-refractivity contribution is 6.13. The third-order valence-corrected chi connectivity index (χ3v) is 3.66. The number of ether oxygens (including phenoxy) is 1. The fourth-order valence-electron chi connectivity index (χ4n) is 2.53. The molecule has 0 spiro atoms. The van der Waals surface area contributed by atoms with Gasteiger partial charge in [-0.25, -0.2) is 0 Å². The summed E-state index contributed by atoms with van der Waals surface area (Å²) in [6.45, 7) is 1.41. The number of hydrogen-bond acceptors (Lipinski definition) is 4. The monoisotopic (exact) mass is 335 g/mol. The van der Waals surface area contributed by atoms with Crippen LogP contribution in [0.1, 0.15) is 17.3 Å². The lowest BCUT2D eigenvalue weighted by molar-refractivity contribution is -0.114. The van der Waals surface area contributed by atoms with E-state index in [0.29, 0.717) is 28.2 Å². The minimum atomic E-state index is -0.316. The molecule has 6 nitrogen and oxygen atoms in total.